The van der Waals surface area contributed by atoms with Gasteiger partial charge in [-0.2, -0.15) is 0 Å². The minimum absolute atomic E-state index is 0.330. The van der Waals surface area contributed by atoms with E-state index in [1.165, 1.54) is 0 Å². The number of para-hydroxylation sites is 1. The minimum atomic E-state index is -0.358. The van der Waals surface area contributed by atoms with Crippen LogP contribution in [0.4, 0.5) is 0 Å². The van der Waals surface area contributed by atoms with Crippen molar-refractivity contribution >= 4 is 16.8 Å². The molecule has 0 aliphatic rings. The van der Waals surface area contributed by atoms with Crippen molar-refractivity contribution in [3.8, 4) is 0 Å². The summed E-state index contributed by atoms with van der Waals surface area (Å²) in [5.41, 5.74) is 8.56. The molecule has 100 valence electrons. The Bertz CT molecular complexity index is 734. The zero-order valence-corrected chi connectivity index (χ0v) is 10.9. The normalized spacial score (nSPS) is 12.4. The molecular formula is C16H15N3O. The highest BCUT2D eigenvalue weighted by atomic mass is 16.1. The molecule has 0 fully saturated rings. The van der Waals surface area contributed by atoms with Crippen LogP contribution in [0.3, 0.4) is 0 Å². The third kappa shape index (κ3) is 2.28. The number of hydrogen-bond acceptors (Lipinski definition) is 2. The number of aromatic nitrogens is 2. The Morgan fingerprint density at radius 2 is 2.10 bits per heavy atom. The van der Waals surface area contributed by atoms with Crippen LogP contribution >= 0.6 is 0 Å². The lowest BCUT2D eigenvalue weighted by atomic mass is 9.92. The van der Waals surface area contributed by atoms with Gasteiger partial charge in [-0.15, -0.1) is 0 Å². The first-order chi connectivity index (χ1) is 9.75. The third-order valence-corrected chi connectivity index (χ3v) is 3.53. The minimum Gasteiger partial charge on any atom is -0.369 e. The van der Waals surface area contributed by atoms with E-state index in [1.54, 1.807) is 12.4 Å². The Hall–Kier alpha value is -2.62. The van der Waals surface area contributed by atoms with Gasteiger partial charge < -0.3 is 10.7 Å². The maximum atomic E-state index is 11.7. The van der Waals surface area contributed by atoms with E-state index in [1.807, 2.05) is 42.6 Å². The highest BCUT2D eigenvalue weighted by Gasteiger charge is 2.20. The summed E-state index contributed by atoms with van der Waals surface area (Å²) >= 11 is 0. The number of primary amides is 1. The number of rotatable bonds is 4. The number of nitrogens with one attached hydrogen (secondary N) is 1. The SMILES string of the molecule is NC(=O)C(Cc1c[nH]c2ccccc12)c1cccnc1. The van der Waals surface area contributed by atoms with Crippen LogP contribution in [0.2, 0.25) is 0 Å². The summed E-state index contributed by atoms with van der Waals surface area (Å²) in [7, 11) is 0. The summed E-state index contributed by atoms with van der Waals surface area (Å²) in [5, 5.41) is 1.13. The fraction of sp³-hybridized carbons (Fsp3) is 0.125. The molecule has 3 rings (SSSR count). The van der Waals surface area contributed by atoms with Crippen molar-refractivity contribution in [1.82, 2.24) is 9.97 Å². The zero-order valence-electron chi connectivity index (χ0n) is 10.9. The molecule has 2 heterocycles. The zero-order chi connectivity index (χ0) is 13.9. The molecule has 0 aliphatic heterocycles. The summed E-state index contributed by atoms with van der Waals surface area (Å²) < 4.78 is 0. The molecule has 1 aromatic carbocycles. The summed E-state index contributed by atoms with van der Waals surface area (Å²) in [6.45, 7) is 0. The standard InChI is InChI=1S/C16H15N3O/c17-16(20)14(11-4-3-7-18-9-11)8-12-10-19-15-6-2-1-5-13(12)15/h1-7,9-10,14,19H,8H2,(H2,17,20). The van der Waals surface area contributed by atoms with Crippen LogP contribution in [0, 0.1) is 0 Å². The van der Waals surface area contributed by atoms with E-state index in [-0.39, 0.29) is 11.8 Å². The van der Waals surface area contributed by atoms with Gasteiger partial charge in [0.05, 0.1) is 5.92 Å². The Kier molecular flexibility index (Phi) is 3.21. The van der Waals surface area contributed by atoms with Crippen molar-refractivity contribution in [2.75, 3.05) is 0 Å². The molecule has 0 radical (unpaired) electrons. The highest BCUT2D eigenvalue weighted by Crippen LogP contribution is 2.25. The summed E-state index contributed by atoms with van der Waals surface area (Å²) in [5.74, 6) is -0.689. The average Bonchev–Trinajstić information content (AvgIpc) is 2.88. The van der Waals surface area contributed by atoms with Gasteiger partial charge in [0.1, 0.15) is 0 Å². The van der Waals surface area contributed by atoms with E-state index < -0.39 is 0 Å². The van der Waals surface area contributed by atoms with E-state index in [9.17, 15) is 4.79 Å². The van der Waals surface area contributed by atoms with E-state index in [0.29, 0.717) is 6.42 Å². The van der Waals surface area contributed by atoms with Gasteiger partial charge in [0, 0.05) is 29.5 Å². The number of amides is 1. The lowest BCUT2D eigenvalue weighted by Gasteiger charge is -2.12. The molecule has 1 unspecified atom stereocenters. The van der Waals surface area contributed by atoms with Gasteiger partial charge in [0.25, 0.3) is 0 Å². The fourth-order valence-electron chi connectivity index (χ4n) is 2.49. The molecule has 1 amide bonds. The van der Waals surface area contributed by atoms with Crippen LogP contribution in [0.1, 0.15) is 17.0 Å². The Labute approximate surface area is 116 Å². The first-order valence-corrected chi connectivity index (χ1v) is 6.50. The molecule has 0 aliphatic carbocycles. The second-order valence-electron chi connectivity index (χ2n) is 4.80. The van der Waals surface area contributed by atoms with Crippen molar-refractivity contribution in [2.24, 2.45) is 5.73 Å². The van der Waals surface area contributed by atoms with Gasteiger partial charge in [-0.25, -0.2) is 0 Å². The van der Waals surface area contributed by atoms with Crippen molar-refractivity contribution in [2.45, 2.75) is 12.3 Å². The molecular weight excluding hydrogens is 250 g/mol. The number of benzene rings is 1. The number of carbonyl (C=O) groups is 1. The van der Waals surface area contributed by atoms with Crippen molar-refractivity contribution in [3.63, 3.8) is 0 Å². The van der Waals surface area contributed by atoms with Gasteiger partial charge in [-0.1, -0.05) is 24.3 Å². The lowest BCUT2D eigenvalue weighted by Crippen LogP contribution is -2.23. The number of nitrogens with two attached hydrogens (primary N) is 1. The topological polar surface area (TPSA) is 71.8 Å². The molecule has 0 bridgehead atoms. The molecule has 20 heavy (non-hydrogen) atoms. The van der Waals surface area contributed by atoms with Gasteiger partial charge in [-0.05, 0) is 29.7 Å². The summed E-state index contributed by atoms with van der Waals surface area (Å²) in [4.78, 5) is 19.0. The first kappa shape index (κ1) is 12.4. The number of aromatic amines is 1. The van der Waals surface area contributed by atoms with Crippen LogP contribution in [-0.2, 0) is 11.2 Å². The van der Waals surface area contributed by atoms with Gasteiger partial charge in [-0.3, -0.25) is 9.78 Å². The Morgan fingerprint density at radius 3 is 2.85 bits per heavy atom. The second kappa shape index (κ2) is 5.17. The maximum absolute atomic E-state index is 11.7. The third-order valence-electron chi connectivity index (χ3n) is 3.53. The molecule has 0 spiro atoms. The van der Waals surface area contributed by atoms with Crippen LogP contribution in [0.5, 0.6) is 0 Å². The predicted molar refractivity (Wildman–Crippen MR) is 78.2 cm³/mol. The van der Waals surface area contributed by atoms with E-state index in [0.717, 1.165) is 22.0 Å². The van der Waals surface area contributed by atoms with Crippen LogP contribution < -0.4 is 5.73 Å². The van der Waals surface area contributed by atoms with Crippen molar-refractivity contribution in [1.29, 1.82) is 0 Å². The molecule has 3 aromatic rings. The Balaban J connectivity index is 1.97. The second-order valence-corrected chi connectivity index (χ2v) is 4.80. The van der Waals surface area contributed by atoms with Crippen LogP contribution in [-0.4, -0.2) is 15.9 Å². The molecule has 3 N–H and O–H groups in total. The number of H-pyrrole nitrogens is 1. The number of carbonyl (C=O) groups excluding carboxylic acids is 1. The monoisotopic (exact) mass is 265 g/mol. The van der Waals surface area contributed by atoms with Crippen LogP contribution in [0.15, 0.2) is 55.0 Å². The summed E-state index contributed by atoms with van der Waals surface area (Å²) in [6.07, 6.45) is 5.90. The molecule has 0 saturated heterocycles. The molecule has 1 atom stereocenters. The average molecular weight is 265 g/mol. The van der Waals surface area contributed by atoms with E-state index >= 15 is 0 Å². The van der Waals surface area contributed by atoms with Crippen molar-refractivity contribution < 1.29 is 4.79 Å². The molecule has 4 nitrogen and oxygen atoms in total. The molecule has 2 aromatic heterocycles. The van der Waals surface area contributed by atoms with E-state index in [4.69, 9.17) is 5.73 Å². The van der Waals surface area contributed by atoms with Crippen molar-refractivity contribution in [3.05, 3.63) is 66.1 Å². The number of fused-ring (bicyclic) bond motifs is 1. The molecule has 0 saturated carbocycles. The maximum Gasteiger partial charge on any atom is 0.225 e. The highest BCUT2D eigenvalue weighted by molar-refractivity contribution is 5.86. The number of hydrogen-bond donors (Lipinski definition) is 2. The molecule has 4 heteroatoms. The first-order valence-electron chi connectivity index (χ1n) is 6.50. The number of nitrogens with zero attached hydrogens (tertiary/aromatic N) is 1. The van der Waals surface area contributed by atoms with E-state index in [2.05, 4.69) is 9.97 Å². The largest absolute Gasteiger partial charge is 0.369 e. The fourth-order valence-corrected chi connectivity index (χ4v) is 2.49. The lowest BCUT2D eigenvalue weighted by molar-refractivity contribution is -0.119. The Morgan fingerprint density at radius 1 is 1.25 bits per heavy atom. The predicted octanol–water partition coefficient (Wildman–Crippen LogP) is 2.37. The van der Waals surface area contributed by atoms with Crippen LogP contribution in [0.25, 0.3) is 10.9 Å². The van der Waals surface area contributed by atoms with Gasteiger partial charge in [0.15, 0.2) is 0 Å². The number of pyridine rings is 1. The quantitative estimate of drug-likeness (QED) is 0.760. The van der Waals surface area contributed by atoms with Gasteiger partial charge >= 0.3 is 0 Å². The van der Waals surface area contributed by atoms with Gasteiger partial charge in [0.2, 0.25) is 5.91 Å². The smallest absolute Gasteiger partial charge is 0.225 e. The summed E-state index contributed by atoms with van der Waals surface area (Å²) in [6, 6.07) is 11.7.